The summed E-state index contributed by atoms with van der Waals surface area (Å²) < 4.78 is 50.7. The van der Waals surface area contributed by atoms with Crippen molar-refractivity contribution < 1.29 is 22.6 Å². The number of fused-ring (bicyclic) bond motifs is 1. The molecule has 44 heavy (non-hydrogen) atoms. The van der Waals surface area contributed by atoms with Crippen LogP contribution in [0.5, 0.6) is 11.5 Å². The number of aromatic nitrogens is 1. The van der Waals surface area contributed by atoms with Crippen molar-refractivity contribution in [3.05, 3.63) is 83.6 Å². The zero-order chi connectivity index (χ0) is 30.7. The zero-order valence-corrected chi connectivity index (χ0v) is 25.1. The van der Waals surface area contributed by atoms with Crippen LogP contribution in [0, 0.1) is 0 Å². The highest BCUT2D eigenvalue weighted by Crippen LogP contribution is 2.38. The molecule has 10 heteroatoms. The molecule has 0 spiro atoms. The third-order valence-electron chi connectivity index (χ3n) is 8.83. The number of nitrogens with two attached hydrogens (primary N) is 1. The molecule has 234 valence electrons. The van der Waals surface area contributed by atoms with Gasteiger partial charge >= 0.3 is 6.36 Å². The summed E-state index contributed by atoms with van der Waals surface area (Å²) in [5, 5.41) is 4.53. The minimum Gasteiger partial charge on any atom is -0.497 e. The highest BCUT2D eigenvalue weighted by Gasteiger charge is 2.31. The Kier molecular flexibility index (Phi) is 9.13. The molecule has 0 aliphatic carbocycles. The van der Waals surface area contributed by atoms with E-state index in [-0.39, 0.29) is 12.3 Å². The van der Waals surface area contributed by atoms with Crippen molar-refractivity contribution in [1.82, 2.24) is 19.7 Å². The smallest absolute Gasteiger partial charge is 0.497 e. The molecule has 2 aliphatic heterocycles. The van der Waals surface area contributed by atoms with Gasteiger partial charge in [0.15, 0.2) is 0 Å². The van der Waals surface area contributed by atoms with E-state index in [2.05, 4.69) is 60.9 Å². The Labute approximate surface area is 256 Å². The van der Waals surface area contributed by atoms with E-state index in [0.29, 0.717) is 11.6 Å². The van der Waals surface area contributed by atoms with Gasteiger partial charge in [-0.2, -0.15) is 0 Å². The molecule has 3 N–H and O–H groups in total. The van der Waals surface area contributed by atoms with Gasteiger partial charge in [-0.05, 0) is 84.6 Å². The van der Waals surface area contributed by atoms with E-state index in [1.165, 1.54) is 23.3 Å². The van der Waals surface area contributed by atoms with Crippen LogP contribution in [-0.4, -0.2) is 67.1 Å². The van der Waals surface area contributed by atoms with Gasteiger partial charge in [0.2, 0.25) is 0 Å². The number of benzene rings is 3. The first-order chi connectivity index (χ1) is 21.3. The Bertz CT molecular complexity index is 1570. The topological polar surface area (TPSA) is 67.9 Å². The molecule has 2 fully saturated rings. The van der Waals surface area contributed by atoms with E-state index < -0.39 is 6.36 Å². The first-order valence-electron chi connectivity index (χ1n) is 15.3. The van der Waals surface area contributed by atoms with Crippen molar-refractivity contribution in [3.63, 3.8) is 0 Å². The molecule has 2 saturated heterocycles. The van der Waals surface area contributed by atoms with Crippen molar-refractivity contribution in [2.75, 3.05) is 46.4 Å². The first kappa shape index (κ1) is 30.5. The summed E-state index contributed by atoms with van der Waals surface area (Å²) in [6, 6.07) is 19.8. The molecular weight excluding hydrogens is 567 g/mol. The second kappa shape index (κ2) is 13.2. The number of piperazine rings is 1. The lowest BCUT2D eigenvalue weighted by atomic mass is 9.98. The van der Waals surface area contributed by atoms with E-state index in [9.17, 15) is 13.2 Å². The zero-order valence-electron chi connectivity index (χ0n) is 25.1. The second-order valence-electron chi connectivity index (χ2n) is 11.8. The maximum absolute atomic E-state index is 12.9. The summed E-state index contributed by atoms with van der Waals surface area (Å²) in [7, 11) is 1.70. The van der Waals surface area contributed by atoms with Gasteiger partial charge in [0.25, 0.3) is 0 Å². The molecule has 0 radical (unpaired) electrons. The lowest BCUT2D eigenvalue weighted by molar-refractivity contribution is -0.274. The fraction of sp³-hybridized carbons (Fsp3) is 0.412. The van der Waals surface area contributed by atoms with Gasteiger partial charge in [0.1, 0.15) is 11.5 Å². The number of nitrogens with zero attached hydrogens (tertiary/aromatic N) is 3. The van der Waals surface area contributed by atoms with Gasteiger partial charge < -0.3 is 25.1 Å². The number of nitrogens with one attached hydrogen (secondary N) is 1. The Balaban J connectivity index is 1.24. The molecule has 1 aromatic heterocycles. The van der Waals surface area contributed by atoms with Gasteiger partial charge in [-0.3, -0.25) is 9.80 Å². The molecular formula is C34H40F3N5O2. The molecule has 2 aliphatic rings. The van der Waals surface area contributed by atoms with Crippen LogP contribution in [0.3, 0.4) is 0 Å². The number of hydrogen-bond donors (Lipinski definition) is 2. The molecule has 3 heterocycles. The molecule has 0 saturated carbocycles. The average Bonchev–Trinajstić information content (AvgIpc) is 3.40. The monoisotopic (exact) mass is 607 g/mol. The summed E-state index contributed by atoms with van der Waals surface area (Å²) in [6.07, 6.45) is -0.547. The fourth-order valence-corrected chi connectivity index (χ4v) is 6.59. The molecule has 6 rings (SSSR count). The van der Waals surface area contributed by atoms with E-state index in [1.807, 2.05) is 12.1 Å². The summed E-state index contributed by atoms with van der Waals surface area (Å²) in [6.45, 7) is 7.68. The molecule has 0 atom stereocenters. The van der Waals surface area contributed by atoms with Crippen LogP contribution in [0.25, 0.3) is 22.0 Å². The Morgan fingerprint density at radius 1 is 0.841 bits per heavy atom. The standard InChI is InChI=1S/C34H40F3N5O2/c1-43-28-4-2-3-24(17-28)21-40-13-15-41(16-14-40)22-25-5-8-33-31(18-25)32(23-42(33)27-9-11-39-12-10-27)30-7-6-29(19-26(30)20-38)44-34(35,36)37/h2-8,17-19,23,27,39H,9-16,20-22,38H2,1H3. The molecule has 4 aromatic rings. The maximum atomic E-state index is 12.9. The molecule has 0 bridgehead atoms. The van der Waals surface area contributed by atoms with Gasteiger partial charge in [-0.15, -0.1) is 13.2 Å². The third-order valence-corrected chi connectivity index (χ3v) is 8.83. The fourth-order valence-electron chi connectivity index (χ4n) is 6.59. The van der Waals surface area contributed by atoms with Crippen molar-refractivity contribution in [2.45, 2.75) is 44.9 Å². The summed E-state index contributed by atoms with van der Waals surface area (Å²) in [4.78, 5) is 4.97. The van der Waals surface area contributed by atoms with Crippen LogP contribution in [-0.2, 0) is 19.6 Å². The summed E-state index contributed by atoms with van der Waals surface area (Å²) >= 11 is 0. The van der Waals surface area contributed by atoms with Crippen LogP contribution in [0.1, 0.15) is 35.6 Å². The Hall–Kier alpha value is -3.57. The lowest BCUT2D eigenvalue weighted by Crippen LogP contribution is -2.45. The largest absolute Gasteiger partial charge is 0.573 e. The van der Waals surface area contributed by atoms with Crippen molar-refractivity contribution >= 4 is 10.9 Å². The number of alkyl halides is 3. The number of methoxy groups -OCH3 is 1. The van der Waals surface area contributed by atoms with Gasteiger partial charge in [0.05, 0.1) is 7.11 Å². The lowest BCUT2D eigenvalue weighted by Gasteiger charge is -2.34. The Morgan fingerprint density at radius 3 is 2.20 bits per heavy atom. The van der Waals surface area contributed by atoms with Crippen molar-refractivity contribution in [2.24, 2.45) is 5.73 Å². The number of ether oxygens (including phenoxy) is 2. The van der Waals surface area contributed by atoms with Crippen LogP contribution < -0.4 is 20.5 Å². The SMILES string of the molecule is COc1cccc(CN2CCN(Cc3ccc4c(c3)c(-c3ccc(OC(F)(F)F)cc3CN)cn4C3CCNCC3)CC2)c1. The minimum absolute atomic E-state index is 0.101. The number of hydrogen-bond acceptors (Lipinski definition) is 6. The summed E-state index contributed by atoms with van der Waals surface area (Å²) in [5.41, 5.74) is 12.1. The van der Waals surface area contributed by atoms with Gasteiger partial charge in [-0.1, -0.05) is 24.3 Å². The first-order valence-corrected chi connectivity index (χ1v) is 15.3. The molecule has 3 aromatic carbocycles. The van der Waals surface area contributed by atoms with Crippen molar-refractivity contribution in [1.29, 1.82) is 0 Å². The highest BCUT2D eigenvalue weighted by atomic mass is 19.4. The van der Waals surface area contributed by atoms with Crippen LogP contribution >= 0.6 is 0 Å². The summed E-state index contributed by atoms with van der Waals surface area (Å²) in [5.74, 6) is 0.629. The van der Waals surface area contributed by atoms with E-state index in [0.717, 1.165) is 93.0 Å². The quantitative estimate of drug-likeness (QED) is 0.247. The molecule has 7 nitrogen and oxygen atoms in total. The number of piperidine rings is 1. The van der Waals surface area contributed by atoms with E-state index >= 15 is 0 Å². The predicted octanol–water partition coefficient (Wildman–Crippen LogP) is 5.92. The molecule has 0 amide bonds. The Morgan fingerprint density at radius 2 is 1.55 bits per heavy atom. The van der Waals surface area contributed by atoms with Crippen LogP contribution in [0.15, 0.2) is 66.9 Å². The average molecular weight is 608 g/mol. The van der Waals surface area contributed by atoms with Gasteiger partial charge in [-0.25, -0.2) is 0 Å². The normalized spacial score (nSPS) is 17.3. The van der Waals surface area contributed by atoms with E-state index in [4.69, 9.17) is 10.5 Å². The van der Waals surface area contributed by atoms with Crippen LogP contribution in [0.2, 0.25) is 0 Å². The number of halogens is 3. The van der Waals surface area contributed by atoms with Crippen LogP contribution in [0.4, 0.5) is 13.2 Å². The minimum atomic E-state index is -4.76. The maximum Gasteiger partial charge on any atom is 0.573 e. The van der Waals surface area contributed by atoms with Gasteiger partial charge in [0, 0.05) is 74.5 Å². The third kappa shape index (κ3) is 7.04. The van der Waals surface area contributed by atoms with E-state index in [1.54, 1.807) is 13.2 Å². The number of rotatable bonds is 9. The molecule has 0 unspecified atom stereocenters. The second-order valence-corrected chi connectivity index (χ2v) is 11.8. The van der Waals surface area contributed by atoms with Crippen molar-refractivity contribution in [3.8, 4) is 22.6 Å². The predicted molar refractivity (Wildman–Crippen MR) is 167 cm³/mol. The highest BCUT2D eigenvalue weighted by molar-refractivity contribution is 5.97.